The van der Waals surface area contributed by atoms with Crippen LogP contribution in [0.4, 0.5) is 0 Å². The van der Waals surface area contributed by atoms with E-state index >= 15 is 0 Å². The molecule has 0 saturated carbocycles. The number of nitrogens with zero attached hydrogens (tertiary/aromatic N) is 1. The summed E-state index contributed by atoms with van der Waals surface area (Å²) in [5.41, 5.74) is 0.765. The Morgan fingerprint density at radius 3 is 2.81 bits per heavy atom. The smallest absolute Gasteiger partial charge is 0.162 e. The lowest BCUT2D eigenvalue weighted by Gasteiger charge is -2.37. The molecule has 1 aliphatic rings. The Morgan fingerprint density at radius 1 is 1.43 bits per heavy atom. The molecule has 0 radical (unpaired) electrons. The fraction of sp³-hybridized carbons (Fsp3) is 0.562. The van der Waals surface area contributed by atoms with E-state index in [4.69, 9.17) is 4.74 Å². The zero-order valence-corrected chi connectivity index (χ0v) is 13.9. The molecule has 1 N–H and O–H groups in total. The third-order valence-corrected chi connectivity index (χ3v) is 4.38. The molecular weight excluding hydrogens is 334 g/mol. The molecule has 2 atom stereocenters. The molecule has 1 heterocycles. The summed E-state index contributed by atoms with van der Waals surface area (Å²) in [5.74, 6) is 0.183. The molecule has 0 bridgehead atoms. The number of benzene rings is 1. The Hall–Kier alpha value is -0.750. The maximum atomic E-state index is 12.1. The van der Waals surface area contributed by atoms with Crippen LogP contribution in [-0.4, -0.2) is 54.2 Å². The fourth-order valence-corrected chi connectivity index (χ4v) is 2.78. The van der Waals surface area contributed by atoms with Crippen molar-refractivity contribution in [3.05, 3.63) is 34.3 Å². The fourth-order valence-electron chi connectivity index (χ4n) is 2.52. The summed E-state index contributed by atoms with van der Waals surface area (Å²) < 4.78 is 6.50. The molecule has 1 aromatic carbocycles. The van der Waals surface area contributed by atoms with Gasteiger partial charge in [0.1, 0.15) is 0 Å². The Kier molecular flexibility index (Phi) is 6.36. The van der Waals surface area contributed by atoms with E-state index in [1.54, 1.807) is 0 Å². The van der Waals surface area contributed by atoms with Crippen molar-refractivity contribution < 1.29 is 14.6 Å². The van der Waals surface area contributed by atoms with Crippen molar-refractivity contribution in [2.24, 2.45) is 0 Å². The number of rotatable bonds is 6. The number of ketones is 1. The molecule has 0 amide bonds. The van der Waals surface area contributed by atoms with E-state index in [1.165, 1.54) is 0 Å². The van der Waals surface area contributed by atoms with Crippen LogP contribution in [-0.2, 0) is 4.74 Å². The highest BCUT2D eigenvalue weighted by atomic mass is 79.9. The Balaban J connectivity index is 1.78. The van der Waals surface area contributed by atoms with Crippen LogP contribution in [0, 0.1) is 0 Å². The number of aliphatic hydroxyl groups excluding tert-OH is 1. The third kappa shape index (κ3) is 4.88. The molecule has 0 aromatic heterocycles. The van der Waals surface area contributed by atoms with Gasteiger partial charge in [0, 0.05) is 29.0 Å². The summed E-state index contributed by atoms with van der Waals surface area (Å²) in [6.07, 6.45) is 1.29. The van der Waals surface area contributed by atoms with Crippen molar-refractivity contribution in [3.8, 4) is 0 Å². The van der Waals surface area contributed by atoms with Crippen LogP contribution >= 0.6 is 15.9 Å². The van der Waals surface area contributed by atoms with E-state index in [-0.39, 0.29) is 18.5 Å². The molecule has 1 aromatic rings. The molecule has 5 heteroatoms. The van der Waals surface area contributed by atoms with Crippen molar-refractivity contribution in [1.29, 1.82) is 0 Å². The van der Waals surface area contributed by atoms with Gasteiger partial charge in [0.2, 0.25) is 0 Å². The van der Waals surface area contributed by atoms with Gasteiger partial charge >= 0.3 is 0 Å². The lowest BCUT2D eigenvalue weighted by atomic mass is 10.1. The summed E-state index contributed by atoms with van der Waals surface area (Å²) in [5, 5.41) is 9.17. The first-order valence-electron chi connectivity index (χ1n) is 7.35. The lowest BCUT2D eigenvalue weighted by molar-refractivity contribution is -0.0778. The van der Waals surface area contributed by atoms with Crippen LogP contribution in [0.25, 0.3) is 0 Å². The second kappa shape index (κ2) is 8.03. The van der Waals surface area contributed by atoms with Crippen LogP contribution in [0.1, 0.15) is 30.1 Å². The molecule has 116 valence electrons. The van der Waals surface area contributed by atoms with Crippen LogP contribution in [0.15, 0.2) is 28.7 Å². The molecule has 1 fully saturated rings. The minimum atomic E-state index is -0.0941. The normalized spacial score (nSPS) is 23.2. The zero-order chi connectivity index (χ0) is 15.2. The standard InChI is InChI=1S/C16H22BrNO3/c1-12-11-21-15(10-19)9-18(12)8-2-3-16(20)13-4-6-14(17)7-5-13/h4-7,12,15,19H,2-3,8-11H2,1H3. The first kappa shape index (κ1) is 16.6. The summed E-state index contributed by atoms with van der Waals surface area (Å²) in [4.78, 5) is 14.4. The van der Waals surface area contributed by atoms with Gasteiger partial charge in [0.15, 0.2) is 5.78 Å². The summed E-state index contributed by atoms with van der Waals surface area (Å²) in [6, 6.07) is 7.83. The van der Waals surface area contributed by atoms with E-state index in [9.17, 15) is 9.90 Å². The van der Waals surface area contributed by atoms with Crippen LogP contribution in [0.5, 0.6) is 0 Å². The van der Waals surface area contributed by atoms with E-state index < -0.39 is 0 Å². The van der Waals surface area contributed by atoms with Crippen LogP contribution in [0.2, 0.25) is 0 Å². The van der Waals surface area contributed by atoms with Crippen molar-refractivity contribution in [1.82, 2.24) is 4.90 Å². The molecule has 0 spiro atoms. The maximum Gasteiger partial charge on any atom is 0.162 e. The average molecular weight is 356 g/mol. The maximum absolute atomic E-state index is 12.1. The quantitative estimate of drug-likeness (QED) is 0.796. The predicted octanol–water partition coefficient (Wildman–Crippen LogP) is 2.49. The third-order valence-electron chi connectivity index (χ3n) is 3.85. The Morgan fingerprint density at radius 2 is 2.14 bits per heavy atom. The zero-order valence-electron chi connectivity index (χ0n) is 12.3. The van der Waals surface area contributed by atoms with Gasteiger partial charge in [-0.2, -0.15) is 0 Å². The van der Waals surface area contributed by atoms with Crippen LogP contribution < -0.4 is 0 Å². The second-order valence-electron chi connectivity index (χ2n) is 5.52. The van der Waals surface area contributed by atoms with Crippen LogP contribution in [0.3, 0.4) is 0 Å². The highest BCUT2D eigenvalue weighted by molar-refractivity contribution is 9.10. The summed E-state index contributed by atoms with van der Waals surface area (Å²) >= 11 is 3.37. The van der Waals surface area contributed by atoms with E-state index in [1.807, 2.05) is 24.3 Å². The lowest BCUT2D eigenvalue weighted by Crippen LogP contribution is -2.49. The molecule has 0 aliphatic carbocycles. The molecule has 2 unspecified atom stereocenters. The average Bonchev–Trinajstić information content (AvgIpc) is 2.49. The number of morpholine rings is 1. The van der Waals surface area contributed by atoms with E-state index in [2.05, 4.69) is 27.8 Å². The molecule has 21 heavy (non-hydrogen) atoms. The van der Waals surface area contributed by atoms with Gasteiger partial charge in [-0.1, -0.05) is 28.1 Å². The topological polar surface area (TPSA) is 49.8 Å². The highest BCUT2D eigenvalue weighted by Gasteiger charge is 2.25. The molecular formula is C16H22BrNO3. The summed E-state index contributed by atoms with van der Waals surface area (Å²) in [6.45, 7) is 4.42. The van der Waals surface area contributed by atoms with E-state index in [0.29, 0.717) is 19.1 Å². The molecule has 1 saturated heterocycles. The van der Waals surface area contributed by atoms with Gasteiger partial charge in [-0.25, -0.2) is 0 Å². The summed E-state index contributed by atoms with van der Waals surface area (Å²) in [7, 11) is 0. The first-order chi connectivity index (χ1) is 10.1. The van der Waals surface area contributed by atoms with Gasteiger partial charge in [-0.3, -0.25) is 9.69 Å². The van der Waals surface area contributed by atoms with Gasteiger partial charge in [-0.15, -0.1) is 0 Å². The number of halogens is 1. The van der Waals surface area contributed by atoms with Gasteiger partial charge in [-0.05, 0) is 32.0 Å². The van der Waals surface area contributed by atoms with E-state index in [0.717, 1.165) is 29.5 Å². The van der Waals surface area contributed by atoms with Gasteiger partial charge in [0.25, 0.3) is 0 Å². The molecule has 2 rings (SSSR count). The Bertz CT molecular complexity index is 463. The monoisotopic (exact) mass is 355 g/mol. The number of hydrogen-bond donors (Lipinski definition) is 1. The Labute approximate surface area is 134 Å². The minimum Gasteiger partial charge on any atom is -0.394 e. The number of hydrogen-bond acceptors (Lipinski definition) is 4. The van der Waals surface area contributed by atoms with Gasteiger partial charge < -0.3 is 9.84 Å². The number of ether oxygens (including phenoxy) is 1. The minimum absolute atomic E-state index is 0.0566. The number of Topliss-reactive ketones (excluding diaryl/α,β-unsaturated/α-hetero) is 1. The SMILES string of the molecule is CC1COC(CO)CN1CCCC(=O)c1ccc(Br)cc1. The first-order valence-corrected chi connectivity index (χ1v) is 8.14. The van der Waals surface area contributed by atoms with Gasteiger partial charge in [0.05, 0.1) is 19.3 Å². The highest BCUT2D eigenvalue weighted by Crippen LogP contribution is 2.15. The van der Waals surface area contributed by atoms with Crippen molar-refractivity contribution >= 4 is 21.7 Å². The van der Waals surface area contributed by atoms with Crippen molar-refractivity contribution in [3.63, 3.8) is 0 Å². The second-order valence-corrected chi connectivity index (χ2v) is 6.43. The number of carbonyl (C=O) groups is 1. The molecule has 1 aliphatic heterocycles. The molecule has 4 nitrogen and oxygen atoms in total. The van der Waals surface area contributed by atoms with Crippen molar-refractivity contribution in [2.45, 2.75) is 31.9 Å². The number of carbonyl (C=O) groups excluding carboxylic acids is 1. The van der Waals surface area contributed by atoms with Crippen molar-refractivity contribution in [2.75, 3.05) is 26.3 Å². The number of aliphatic hydroxyl groups is 1. The largest absolute Gasteiger partial charge is 0.394 e. The predicted molar refractivity (Wildman–Crippen MR) is 85.6 cm³/mol.